The first-order valence-electron chi connectivity index (χ1n) is 8.67. The van der Waals surface area contributed by atoms with Crippen LogP contribution in [0.15, 0.2) is 28.2 Å². The third kappa shape index (κ3) is 3.72. The number of aromatic nitrogens is 1. The van der Waals surface area contributed by atoms with Crippen molar-refractivity contribution in [1.82, 2.24) is 14.8 Å². The van der Waals surface area contributed by atoms with Crippen molar-refractivity contribution in [1.29, 1.82) is 0 Å². The van der Waals surface area contributed by atoms with E-state index in [9.17, 15) is 0 Å². The van der Waals surface area contributed by atoms with Crippen molar-refractivity contribution >= 4 is 11.3 Å². The SMILES string of the molecule is Cc1nc(CN2CC[C@]3(COCCN(Cc4ccco4)C3)C2)cs1. The maximum Gasteiger partial charge on any atom is 0.117 e. The molecule has 1 atom stereocenters. The van der Waals surface area contributed by atoms with E-state index in [1.807, 2.05) is 6.07 Å². The molecule has 24 heavy (non-hydrogen) atoms. The average molecular weight is 347 g/mol. The molecule has 0 radical (unpaired) electrons. The van der Waals surface area contributed by atoms with Gasteiger partial charge in [0.2, 0.25) is 0 Å². The highest BCUT2D eigenvalue weighted by atomic mass is 32.1. The molecule has 2 saturated heterocycles. The molecular weight excluding hydrogens is 322 g/mol. The molecule has 2 fully saturated rings. The predicted molar refractivity (Wildman–Crippen MR) is 94.0 cm³/mol. The van der Waals surface area contributed by atoms with Gasteiger partial charge >= 0.3 is 0 Å². The number of likely N-dealkylation sites (tertiary alicyclic amines) is 1. The molecule has 0 N–H and O–H groups in total. The van der Waals surface area contributed by atoms with Gasteiger partial charge in [0.1, 0.15) is 5.76 Å². The number of furan rings is 1. The van der Waals surface area contributed by atoms with Crippen LogP contribution in [0.3, 0.4) is 0 Å². The van der Waals surface area contributed by atoms with E-state index < -0.39 is 0 Å². The summed E-state index contributed by atoms with van der Waals surface area (Å²) in [6.45, 7) is 9.89. The smallest absolute Gasteiger partial charge is 0.117 e. The molecule has 0 aliphatic carbocycles. The summed E-state index contributed by atoms with van der Waals surface area (Å²) in [6.07, 6.45) is 2.96. The monoisotopic (exact) mass is 347 g/mol. The zero-order valence-corrected chi connectivity index (χ0v) is 15.1. The molecule has 0 unspecified atom stereocenters. The van der Waals surface area contributed by atoms with Crippen molar-refractivity contribution in [3.8, 4) is 0 Å². The maximum absolute atomic E-state index is 5.97. The van der Waals surface area contributed by atoms with Crippen LogP contribution in [0.25, 0.3) is 0 Å². The lowest BCUT2D eigenvalue weighted by Crippen LogP contribution is -2.40. The summed E-state index contributed by atoms with van der Waals surface area (Å²) in [7, 11) is 0. The summed E-state index contributed by atoms with van der Waals surface area (Å²) in [4.78, 5) is 9.64. The minimum absolute atomic E-state index is 0.244. The van der Waals surface area contributed by atoms with Crippen molar-refractivity contribution < 1.29 is 9.15 Å². The molecule has 130 valence electrons. The largest absolute Gasteiger partial charge is 0.468 e. The first-order chi connectivity index (χ1) is 11.7. The van der Waals surface area contributed by atoms with E-state index in [-0.39, 0.29) is 5.41 Å². The van der Waals surface area contributed by atoms with Gasteiger partial charge in [-0.1, -0.05) is 0 Å². The van der Waals surface area contributed by atoms with Crippen LogP contribution in [-0.2, 0) is 17.8 Å². The molecule has 4 heterocycles. The first-order valence-corrected chi connectivity index (χ1v) is 9.55. The number of hydrogen-bond donors (Lipinski definition) is 0. The summed E-state index contributed by atoms with van der Waals surface area (Å²) in [5, 5.41) is 3.34. The Morgan fingerprint density at radius 3 is 2.88 bits per heavy atom. The van der Waals surface area contributed by atoms with E-state index in [1.54, 1.807) is 17.6 Å². The summed E-state index contributed by atoms with van der Waals surface area (Å²) >= 11 is 1.74. The van der Waals surface area contributed by atoms with Crippen LogP contribution < -0.4 is 0 Å². The van der Waals surface area contributed by atoms with Crippen LogP contribution >= 0.6 is 11.3 Å². The second-order valence-corrected chi connectivity index (χ2v) is 8.22. The second kappa shape index (κ2) is 6.96. The summed E-state index contributed by atoms with van der Waals surface area (Å²) in [5.74, 6) is 1.04. The van der Waals surface area contributed by atoms with Gasteiger partial charge in [-0.05, 0) is 32.0 Å². The van der Waals surface area contributed by atoms with Crippen LogP contribution in [0.4, 0.5) is 0 Å². The Morgan fingerprint density at radius 1 is 1.25 bits per heavy atom. The normalized spacial score (nSPS) is 26.2. The molecule has 0 bridgehead atoms. The standard InChI is InChI=1S/C18H25N3O2S/c1-15-19-16(11-24-15)9-20-5-4-18(12-20)13-21(6-8-22-14-18)10-17-3-2-7-23-17/h2-3,7,11H,4-6,8-10,12-14H2,1H3/t18-/m0/s1. The molecule has 5 nitrogen and oxygen atoms in total. The van der Waals surface area contributed by atoms with Gasteiger partial charge < -0.3 is 9.15 Å². The van der Waals surface area contributed by atoms with Gasteiger partial charge in [0.25, 0.3) is 0 Å². The fourth-order valence-electron chi connectivity index (χ4n) is 3.96. The topological polar surface area (TPSA) is 41.7 Å². The Morgan fingerprint density at radius 2 is 2.12 bits per heavy atom. The highest BCUT2D eigenvalue weighted by Gasteiger charge is 2.41. The number of aryl methyl sites for hydroxylation is 1. The van der Waals surface area contributed by atoms with Gasteiger partial charge in [0.05, 0.1) is 36.7 Å². The molecule has 0 saturated carbocycles. The van der Waals surface area contributed by atoms with Crippen LogP contribution in [-0.4, -0.2) is 54.2 Å². The molecule has 2 aromatic rings. The molecular formula is C18H25N3O2S. The first kappa shape index (κ1) is 16.3. The number of hydrogen-bond acceptors (Lipinski definition) is 6. The second-order valence-electron chi connectivity index (χ2n) is 7.16. The van der Waals surface area contributed by atoms with E-state index in [1.165, 1.54) is 12.1 Å². The summed E-state index contributed by atoms with van der Waals surface area (Å²) in [6, 6.07) is 4.02. The number of thiazole rings is 1. The van der Waals surface area contributed by atoms with E-state index >= 15 is 0 Å². The fourth-order valence-corrected chi connectivity index (χ4v) is 4.56. The predicted octanol–water partition coefficient (Wildman–Crippen LogP) is 2.77. The van der Waals surface area contributed by atoms with Crippen LogP contribution in [0.2, 0.25) is 0 Å². The van der Waals surface area contributed by atoms with Gasteiger partial charge in [-0.2, -0.15) is 0 Å². The molecule has 6 heteroatoms. The highest BCUT2D eigenvalue weighted by Crippen LogP contribution is 2.34. The number of nitrogens with zero attached hydrogens (tertiary/aromatic N) is 3. The molecule has 2 aromatic heterocycles. The Balaban J connectivity index is 1.40. The molecule has 2 aliphatic rings. The number of rotatable bonds is 4. The van der Waals surface area contributed by atoms with Crippen molar-refractivity contribution in [3.05, 3.63) is 40.2 Å². The lowest BCUT2D eigenvalue weighted by Gasteiger charge is -2.31. The zero-order valence-electron chi connectivity index (χ0n) is 14.2. The van der Waals surface area contributed by atoms with E-state index in [2.05, 4.69) is 33.2 Å². The van der Waals surface area contributed by atoms with Crippen LogP contribution in [0.5, 0.6) is 0 Å². The van der Waals surface area contributed by atoms with Gasteiger partial charge in [-0.3, -0.25) is 9.80 Å². The minimum atomic E-state index is 0.244. The molecule has 0 aromatic carbocycles. The van der Waals surface area contributed by atoms with Gasteiger partial charge in [-0.25, -0.2) is 4.98 Å². The van der Waals surface area contributed by atoms with Crippen LogP contribution in [0, 0.1) is 12.3 Å². The van der Waals surface area contributed by atoms with Crippen molar-refractivity contribution in [2.75, 3.05) is 39.4 Å². The lowest BCUT2D eigenvalue weighted by molar-refractivity contribution is 0.0703. The van der Waals surface area contributed by atoms with Crippen LogP contribution in [0.1, 0.15) is 22.9 Å². The van der Waals surface area contributed by atoms with Gasteiger partial charge in [0.15, 0.2) is 0 Å². The van der Waals surface area contributed by atoms with Gasteiger partial charge in [-0.15, -0.1) is 11.3 Å². The van der Waals surface area contributed by atoms with E-state index in [0.29, 0.717) is 0 Å². The Bertz CT molecular complexity index is 657. The van der Waals surface area contributed by atoms with Crippen molar-refractivity contribution in [2.45, 2.75) is 26.4 Å². The maximum atomic E-state index is 5.97. The molecule has 0 amide bonds. The highest BCUT2D eigenvalue weighted by molar-refractivity contribution is 7.09. The quantitative estimate of drug-likeness (QED) is 0.851. The van der Waals surface area contributed by atoms with E-state index in [0.717, 1.165) is 63.3 Å². The number of ether oxygens (including phenoxy) is 1. The van der Waals surface area contributed by atoms with E-state index in [4.69, 9.17) is 9.15 Å². The van der Waals surface area contributed by atoms with Crippen molar-refractivity contribution in [3.63, 3.8) is 0 Å². The Kier molecular flexibility index (Phi) is 4.72. The summed E-state index contributed by atoms with van der Waals surface area (Å²) < 4.78 is 11.5. The molecule has 1 spiro atoms. The molecule has 2 aliphatic heterocycles. The van der Waals surface area contributed by atoms with Gasteiger partial charge in [0, 0.05) is 37.0 Å². The molecule has 4 rings (SSSR count). The Labute approximate surface area is 147 Å². The Hall–Kier alpha value is -1.21. The average Bonchev–Trinajstić information content (AvgIpc) is 3.25. The zero-order chi connectivity index (χ0) is 16.4. The third-order valence-electron chi connectivity index (χ3n) is 5.05. The van der Waals surface area contributed by atoms with Crippen molar-refractivity contribution in [2.24, 2.45) is 5.41 Å². The fraction of sp³-hybridized carbons (Fsp3) is 0.611. The summed E-state index contributed by atoms with van der Waals surface area (Å²) in [5.41, 5.74) is 1.45. The lowest BCUT2D eigenvalue weighted by atomic mass is 9.87. The minimum Gasteiger partial charge on any atom is -0.468 e. The third-order valence-corrected chi connectivity index (χ3v) is 5.87.